The van der Waals surface area contributed by atoms with Gasteiger partial charge in [-0.2, -0.15) is 0 Å². The number of nitrogens with one attached hydrogen (secondary N) is 2. The van der Waals surface area contributed by atoms with Crippen LogP contribution in [0.2, 0.25) is 0 Å². The van der Waals surface area contributed by atoms with Crippen LogP contribution in [0, 0.1) is 6.92 Å². The molecule has 0 atom stereocenters. The van der Waals surface area contributed by atoms with Crippen LogP contribution in [0.5, 0.6) is 0 Å². The Morgan fingerprint density at radius 1 is 1.27 bits per heavy atom. The molecule has 0 unspecified atom stereocenters. The number of piperidine rings is 1. The normalized spacial score (nSPS) is 15.5. The predicted molar refractivity (Wildman–Crippen MR) is 97.8 cm³/mol. The number of carbonyl (C=O) groups is 1. The lowest BCUT2D eigenvalue weighted by Crippen LogP contribution is -2.45. The number of urea groups is 1. The number of imidazole rings is 1. The number of hydrogen-bond donors (Lipinski definition) is 2. The zero-order valence-corrected chi connectivity index (χ0v) is 14.9. The van der Waals surface area contributed by atoms with Crippen LogP contribution in [0.1, 0.15) is 30.3 Å². The van der Waals surface area contributed by atoms with Gasteiger partial charge >= 0.3 is 6.03 Å². The van der Waals surface area contributed by atoms with Gasteiger partial charge in [-0.25, -0.2) is 9.78 Å². The topological polar surface area (TPSA) is 91.7 Å². The fourth-order valence-electron chi connectivity index (χ4n) is 3.51. The summed E-state index contributed by atoms with van der Waals surface area (Å²) in [6.45, 7) is 4.12. The van der Waals surface area contributed by atoms with Crippen molar-refractivity contribution >= 4 is 17.1 Å². The number of aromatic nitrogens is 5. The van der Waals surface area contributed by atoms with Gasteiger partial charge in [-0.1, -0.05) is 12.1 Å². The summed E-state index contributed by atoms with van der Waals surface area (Å²) in [5, 5.41) is 10.7. The van der Waals surface area contributed by atoms with E-state index in [4.69, 9.17) is 0 Å². The van der Waals surface area contributed by atoms with Gasteiger partial charge in [0.15, 0.2) is 0 Å². The van der Waals surface area contributed by atoms with Crippen molar-refractivity contribution in [1.29, 1.82) is 0 Å². The lowest BCUT2D eigenvalue weighted by atomic mass is 10.1. The fourth-order valence-corrected chi connectivity index (χ4v) is 3.51. The molecule has 0 bridgehead atoms. The number of aryl methyl sites for hydroxylation is 1. The minimum atomic E-state index is -0.000465. The number of likely N-dealkylation sites (tertiary alicyclic amines) is 1. The highest BCUT2D eigenvalue weighted by Crippen LogP contribution is 2.21. The van der Waals surface area contributed by atoms with Gasteiger partial charge in [-0.3, -0.25) is 0 Å². The molecule has 4 rings (SSSR count). The lowest BCUT2D eigenvalue weighted by molar-refractivity contribution is 0.171. The van der Waals surface area contributed by atoms with Crippen molar-refractivity contribution < 1.29 is 4.79 Å². The summed E-state index contributed by atoms with van der Waals surface area (Å²) in [6.07, 6.45) is 6.03. The van der Waals surface area contributed by atoms with Crippen molar-refractivity contribution in [3.63, 3.8) is 0 Å². The van der Waals surface area contributed by atoms with Crippen molar-refractivity contribution in [1.82, 2.24) is 34.9 Å². The molecule has 1 aliphatic rings. The molecule has 1 fully saturated rings. The molecule has 2 N–H and O–H groups in total. The summed E-state index contributed by atoms with van der Waals surface area (Å²) < 4.78 is 2.03. The molecule has 2 aromatic heterocycles. The Balaban J connectivity index is 1.26. The number of amides is 2. The van der Waals surface area contributed by atoms with E-state index in [0.717, 1.165) is 48.4 Å². The van der Waals surface area contributed by atoms with Crippen molar-refractivity contribution in [3.8, 4) is 0 Å². The SMILES string of the molecule is Cc1cccc2[nH]c(CCNC(=O)N3CCC(n4cnnc4)CC3)nc12. The number of carbonyl (C=O) groups excluding carboxylic acids is 1. The summed E-state index contributed by atoms with van der Waals surface area (Å²) >= 11 is 0. The zero-order chi connectivity index (χ0) is 17.9. The molecule has 0 radical (unpaired) electrons. The Kier molecular flexibility index (Phi) is 4.55. The second-order valence-electron chi connectivity index (χ2n) is 6.76. The molecule has 0 aliphatic carbocycles. The number of fused-ring (bicyclic) bond motifs is 1. The number of H-pyrrole nitrogens is 1. The van der Waals surface area contributed by atoms with Crippen LogP contribution in [0.15, 0.2) is 30.9 Å². The predicted octanol–water partition coefficient (Wildman–Crippen LogP) is 2.05. The molecule has 2 amide bonds. The fraction of sp³-hybridized carbons (Fsp3) is 0.444. The summed E-state index contributed by atoms with van der Waals surface area (Å²) in [5.41, 5.74) is 3.21. The molecule has 3 aromatic rings. The van der Waals surface area contributed by atoms with Gasteiger partial charge in [0.1, 0.15) is 18.5 Å². The molecule has 0 saturated carbocycles. The molecule has 1 aromatic carbocycles. The highest BCUT2D eigenvalue weighted by molar-refractivity contribution is 5.78. The van der Waals surface area contributed by atoms with E-state index in [9.17, 15) is 4.79 Å². The highest BCUT2D eigenvalue weighted by Gasteiger charge is 2.23. The number of aromatic amines is 1. The maximum atomic E-state index is 12.4. The first-order valence-electron chi connectivity index (χ1n) is 9.02. The number of rotatable bonds is 4. The zero-order valence-electron chi connectivity index (χ0n) is 14.9. The average molecular weight is 353 g/mol. The van der Waals surface area contributed by atoms with Crippen LogP contribution in [0.4, 0.5) is 4.79 Å². The van der Waals surface area contributed by atoms with Gasteiger partial charge in [0.25, 0.3) is 0 Å². The third kappa shape index (κ3) is 3.40. The van der Waals surface area contributed by atoms with E-state index in [2.05, 4.69) is 38.5 Å². The van der Waals surface area contributed by atoms with E-state index in [0.29, 0.717) is 19.0 Å². The molecule has 0 spiro atoms. The van der Waals surface area contributed by atoms with Gasteiger partial charge in [-0.15, -0.1) is 10.2 Å². The Morgan fingerprint density at radius 3 is 2.77 bits per heavy atom. The highest BCUT2D eigenvalue weighted by atomic mass is 16.2. The lowest BCUT2D eigenvalue weighted by Gasteiger charge is -2.32. The minimum Gasteiger partial charge on any atom is -0.342 e. The monoisotopic (exact) mass is 353 g/mol. The maximum absolute atomic E-state index is 12.4. The molecular formula is C18H23N7O. The van der Waals surface area contributed by atoms with Gasteiger partial charge in [0.05, 0.1) is 11.0 Å². The number of benzene rings is 1. The van der Waals surface area contributed by atoms with Crippen LogP contribution in [0.25, 0.3) is 11.0 Å². The minimum absolute atomic E-state index is 0.000465. The average Bonchev–Trinajstić information content (AvgIpc) is 3.32. The van der Waals surface area contributed by atoms with Crippen LogP contribution >= 0.6 is 0 Å². The van der Waals surface area contributed by atoms with Crippen molar-refractivity contribution in [2.45, 2.75) is 32.2 Å². The van der Waals surface area contributed by atoms with E-state index in [-0.39, 0.29) is 6.03 Å². The molecule has 26 heavy (non-hydrogen) atoms. The van der Waals surface area contributed by atoms with Crippen LogP contribution in [-0.4, -0.2) is 55.3 Å². The summed E-state index contributed by atoms with van der Waals surface area (Å²) in [7, 11) is 0. The Hall–Kier alpha value is -2.90. The molecule has 8 nitrogen and oxygen atoms in total. The van der Waals surface area contributed by atoms with Crippen LogP contribution < -0.4 is 5.32 Å². The first kappa shape index (κ1) is 16.6. The van der Waals surface area contributed by atoms with Crippen LogP contribution in [-0.2, 0) is 6.42 Å². The van der Waals surface area contributed by atoms with E-state index in [1.165, 1.54) is 0 Å². The maximum Gasteiger partial charge on any atom is 0.317 e. The van der Waals surface area contributed by atoms with Gasteiger partial charge in [0.2, 0.25) is 0 Å². The molecular weight excluding hydrogens is 330 g/mol. The van der Waals surface area contributed by atoms with Crippen LogP contribution in [0.3, 0.4) is 0 Å². The molecule has 1 saturated heterocycles. The van der Waals surface area contributed by atoms with Crippen molar-refractivity contribution in [3.05, 3.63) is 42.2 Å². The quantitative estimate of drug-likeness (QED) is 0.751. The van der Waals surface area contributed by atoms with E-state index in [1.54, 1.807) is 12.7 Å². The van der Waals surface area contributed by atoms with Gasteiger partial charge < -0.3 is 19.8 Å². The third-order valence-corrected chi connectivity index (χ3v) is 5.01. The number of para-hydroxylation sites is 1. The number of nitrogens with zero attached hydrogens (tertiary/aromatic N) is 5. The first-order valence-corrected chi connectivity index (χ1v) is 9.02. The standard InChI is InChI=1S/C18H23N7O/c1-13-3-2-4-15-17(13)23-16(22-15)5-8-19-18(26)24-9-6-14(7-10-24)25-11-20-21-12-25/h2-4,11-12,14H,5-10H2,1H3,(H,19,26)(H,22,23). The summed E-state index contributed by atoms with van der Waals surface area (Å²) in [4.78, 5) is 22.2. The second-order valence-corrected chi connectivity index (χ2v) is 6.76. The first-order chi connectivity index (χ1) is 12.7. The van der Waals surface area contributed by atoms with E-state index >= 15 is 0 Å². The Morgan fingerprint density at radius 2 is 2.04 bits per heavy atom. The summed E-state index contributed by atoms with van der Waals surface area (Å²) in [5.74, 6) is 0.904. The smallest absolute Gasteiger partial charge is 0.317 e. The van der Waals surface area contributed by atoms with Crippen molar-refractivity contribution in [2.24, 2.45) is 0 Å². The van der Waals surface area contributed by atoms with Gasteiger partial charge in [-0.05, 0) is 31.4 Å². The number of hydrogen-bond acceptors (Lipinski definition) is 4. The summed E-state index contributed by atoms with van der Waals surface area (Å²) in [6, 6.07) is 6.48. The van der Waals surface area contributed by atoms with E-state index < -0.39 is 0 Å². The van der Waals surface area contributed by atoms with Crippen molar-refractivity contribution in [2.75, 3.05) is 19.6 Å². The Bertz CT molecular complexity index is 878. The molecule has 136 valence electrons. The third-order valence-electron chi connectivity index (χ3n) is 5.01. The van der Waals surface area contributed by atoms with E-state index in [1.807, 2.05) is 21.6 Å². The molecule has 3 heterocycles. The molecule has 1 aliphatic heterocycles. The largest absolute Gasteiger partial charge is 0.342 e. The second kappa shape index (κ2) is 7.15. The Labute approximate surface area is 151 Å². The molecule has 8 heteroatoms. The van der Waals surface area contributed by atoms with Gasteiger partial charge in [0, 0.05) is 32.1 Å².